The Labute approximate surface area is 147 Å². The zero-order valence-corrected chi connectivity index (χ0v) is 14.9. The monoisotopic (exact) mass is 389 g/mol. The standard InChI is InChI=1S/C17H16BrN3O3/c1-21(2)8-7-19-12-9-13(22)14-16(15(12)23)24-17(20-14)10-3-5-11(18)6-4-10/h3-6,9,19H,7-8H2,1-2H3. The van der Waals surface area contributed by atoms with Crippen LogP contribution in [-0.2, 0) is 0 Å². The molecule has 0 saturated heterocycles. The van der Waals surface area contributed by atoms with Crippen LogP contribution in [0.2, 0.25) is 0 Å². The van der Waals surface area contributed by atoms with Crippen molar-refractivity contribution >= 4 is 27.5 Å². The highest BCUT2D eigenvalue weighted by atomic mass is 79.9. The molecular formula is C17H16BrN3O3. The van der Waals surface area contributed by atoms with Gasteiger partial charge in [-0.25, -0.2) is 4.98 Å². The fraction of sp³-hybridized carbons (Fsp3) is 0.235. The van der Waals surface area contributed by atoms with E-state index in [1.54, 1.807) is 12.1 Å². The predicted octanol–water partition coefficient (Wildman–Crippen LogP) is 2.52. The minimum atomic E-state index is -0.348. The molecule has 0 saturated carbocycles. The second kappa shape index (κ2) is 6.70. The molecule has 0 atom stereocenters. The topological polar surface area (TPSA) is 75.4 Å². The molecule has 7 heteroatoms. The first-order valence-electron chi connectivity index (χ1n) is 7.42. The number of allylic oxidation sites excluding steroid dienone is 2. The number of nitrogens with zero attached hydrogens (tertiary/aromatic N) is 2. The lowest BCUT2D eigenvalue weighted by molar-refractivity contribution is 0.0956. The SMILES string of the molecule is CN(C)CCNC1=CC(=O)c2nc(-c3ccc(Br)cc3)oc2C1=O. The number of carbonyl (C=O) groups is 2. The van der Waals surface area contributed by atoms with Crippen LogP contribution < -0.4 is 5.32 Å². The predicted molar refractivity (Wildman–Crippen MR) is 92.9 cm³/mol. The van der Waals surface area contributed by atoms with Gasteiger partial charge in [-0.15, -0.1) is 0 Å². The zero-order chi connectivity index (χ0) is 17.3. The van der Waals surface area contributed by atoms with Crippen LogP contribution in [-0.4, -0.2) is 48.6 Å². The molecule has 1 heterocycles. The summed E-state index contributed by atoms with van der Waals surface area (Å²) in [5.74, 6) is -0.423. The van der Waals surface area contributed by atoms with Crippen molar-refractivity contribution in [2.45, 2.75) is 0 Å². The number of nitrogens with one attached hydrogen (secondary N) is 1. The Morgan fingerprint density at radius 3 is 2.58 bits per heavy atom. The first-order valence-corrected chi connectivity index (χ1v) is 8.21. The molecule has 1 aromatic heterocycles. The van der Waals surface area contributed by atoms with Gasteiger partial charge in [-0.2, -0.15) is 0 Å². The third kappa shape index (κ3) is 3.32. The van der Waals surface area contributed by atoms with Crippen LogP contribution in [0.1, 0.15) is 21.0 Å². The summed E-state index contributed by atoms with van der Waals surface area (Å²) in [7, 11) is 3.87. The van der Waals surface area contributed by atoms with Gasteiger partial charge in [0.2, 0.25) is 23.2 Å². The van der Waals surface area contributed by atoms with Crippen LogP contribution in [0.15, 0.2) is 44.9 Å². The van der Waals surface area contributed by atoms with Crippen LogP contribution in [0, 0.1) is 0 Å². The van der Waals surface area contributed by atoms with E-state index < -0.39 is 0 Å². The molecule has 1 aromatic carbocycles. The number of oxazole rings is 1. The molecule has 3 rings (SSSR count). The molecule has 6 nitrogen and oxygen atoms in total. The number of Topliss-reactive ketones (excluding diaryl/α,β-unsaturated/α-hetero) is 1. The molecule has 1 aliphatic rings. The average molecular weight is 390 g/mol. The highest BCUT2D eigenvalue weighted by Crippen LogP contribution is 2.27. The van der Waals surface area contributed by atoms with Crippen molar-refractivity contribution in [1.29, 1.82) is 0 Å². The van der Waals surface area contributed by atoms with Gasteiger partial charge in [0.05, 0.1) is 5.70 Å². The number of rotatable bonds is 5. The maximum absolute atomic E-state index is 12.5. The highest BCUT2D eigenvalue weighted by Gasteiger charge is 2.32. The molecule has 1 N–H and O–H groups in total. The Bertz CT molecular complexity index is 822. The number of halogens is 1. The van der Waals surface area contributed by atoms with Crippen LogP contribution in [0.5, 0.6) is 0 Å². The number of carbonyl (C=O) groups excluding carboxylic acids is 2. The summed E-state index contributed by atoms with van der Waals surface area (Å²) in [6.07, 6.45) is 1.29. The van der Waals surface area contributed by atoms with E-state index in [1.807, 2.05) is 31.1 Å². The number of aromatic nitrogens is 1. The van der Waals surface area contributed by atoms with E-state index in [-0.39, 0.29) is 34.6 Å². The summed E-state index contributed by atoms with van der Waals surface area (Å²) in [5, 5.41) is 2.99. The summed E-state index contributed by atoms with van der Waals surface area (Å²) in [6, 6.07) is 7.29. The Balaban J connectivity index is 1.85. The van der Waals surface area contributed by atoms with Crippen LogP contribution in [0.25, 0.3) is 11.5 Å². The normalized spacial score (nSPS) is 13.9. The van der Waals surface area contributed by atoms with Gasteiger partial charge in [-0.3, -0.25) is 9.59 Å². The third-order valence-corrected chi connectivity index (χ3v) is 4.08. The van der Waals surface area contributed by atoms with Gasteiger partial charge in [0, 0.05) is 29.2 Å². The molecule has 0 amide bonds. The average Bonchev–Trinajstić information content (AvgIpc) is 2.98. The molecule has 2 aromatic rings. The zero-order valence-electron chi connectivity index (χ0n) is 13.3. The van der Waals surface area contributed by atoms with Crippen LogP contribution in [0.4, 0.5) is 0 Å². The van der Waals surface area contributed by atoms with Crippen molar-refractivity contribution in [3.63, 3.8) is 0 Å². The first kappa shape index (κ1) is 16.6. The summed E-state index contributed by atoms with van der Waals surface area (Å²) >= 11 is 3.36. The van der Waals surface area contributed by atoms with Crippen molar-refractivity contribution in [2.24, 2.45) is 0 Å². The first-order chi connectivity index (χ1) is 11.5. The van der Waals surface area contributed by atoms with Gasteiger partial charge < -0.3 is 14.6 Å². The van der Waals surface area contributed by atoms with Gasteiger partial charge >= 0.3 is 0 Å². The molecule has 0 aliphatic heterocycles. The lowest BCUT2D eigenvalue weighted by Crippen LogP contribution is -2.31. The highest BCUT2D eigenvalue weighted by molar-refractivity contribution is 9.10. The molecule has 0 radical (unpaired) electrons. The Kier molecular flexibility index (Phi) is 4.64. The number of benzene rings is 1. The minimum absolute atomic E-state index is 0.00669. The molecule has 1 aliphatic carbocycles. The van der Waals surface area contributed by atoms with Crippen molar-refractivity contribution < 1.29 is 14.0 Å². The van der Waals surface area contributed by atoms with Gasteiger partial charge in [0.25, 0.3) is 0 Å². The van der Waals surface area contributed by atoms with E-state index in [9.17, 15) is 9.59 Å². The van der Waals surface area contributed by atoms with E-state index >= 15 is 0 Å². The number of fused-ring (bicyclic) bond motifs is 1. The minimum Gasteiger partial charge on any atom is -0.432 e. The molecule has 124 valence electrons. The molecule has 0 fully saturated rings. The summed E-state index contributed by atoms with van der Waals surface area (Å²) in [5.41, 5.74) is 1.01. The van der Waals surface area contributed by atoms with Crippen molar-refractivity contribution in [1.82, 2.24) is 15.2 Å². The molecular weight excluding hydrogens is 374 g/mol. The lowest BCUT2D eigenvalue weighted by atomic mass is 10.0. The van der Waals surface area contributed by atoms with Gasteiger partial charge in [0.1, 0.15) is 0 Å². The van der Waals surface area contributed by atoms with E-state index in [2.05, 4.69) is 26.2 Å². The Hall–Kier alpha value is -2.25. The second-order valence-corrected chi connectivity index (χ2v) is 6.60. The van der Waals surface area contributed by atoms with E-state index in [0.717, 1.165) is 11.0 Å². The second-order valence-electron chi connectivity index (χ2n) is 5.69. The number of hydrogen-bond acceptors (Lipinski definition) is 6. The van der Waals surface area contributed by atoms with Gasteiger partial charge in [-0.1, -0.05) is 15.9 Å². The quantitative estimate of drug-likeness (QED) is 0.846. The van der Waals surface area contributed by atoms with E-state index in [1.165, 1.54) is 6.08 Å². The fourth-order valence-electron chi connectivity index (χ4n) is 2.29. The van der Waals surface area contributed by atoms with Crippen molar-refractivity contribution in [3.8, 4) is 11.5 Å². The molecule has 0 bridgehead atoms. The maximum Gasteiger partial charge on any atom is 0.246 e. The molecule has 0 unspecified atom stereocenters. The van der Waals surface area contributed by atoms with Crippen LogP contribution >= 0.6 is 15.9 Å². The lowest BCUT2D eigenvalue weighted by Gasteiger charge is -2.14. The maximum atomic E-state index is 12.5. The van der Waals surface area contributed by atoms with E-state index in [4.69, 9.17) is 4.42 Å². The number of likely N-dealkylation sites (N-methyl/N-ethyl adjacent to an activating group) is 1. The Morgan fingerprint density at radius 1 is 1.21 bits per heavy atom. The smallest absolute Gasteiger partial charge is 0.246 e. The molecule has 24 heavy (non-hydrogen) atoms. The van der Waals surface area contributed by atoms with Crippen molar-refractivity contribution in [2.75, 3.05) is 27.2 Å². The largest absolute Gasteiger partial charge is 0.432 e. The van der Waals surface area contributed by atoms with E-state index in [0.29, 0.717) is 12.1 Å². The fourth-order valence-corrected chi connectivity index (χ4v) is 2.55. The number of ketones is 2. The Morgan fingerprint density at radius 2 is 1.92 bits per heavy atom. The molecule has 0 spiro atoms. The summed E-state index contributed by atoms with van der Waals surface area (Å²) in [4.78, 5) is 30.9. The van der Waals surface area contributed by atoms with Gasteiger partial charge in [0.15, 0.2) is 5.69 Å². The van der Waals surface area contributed by atoms with Crippen molar-refractivity contribution in [3.05, 3.63) is 52.0 Å². The van der Waals surface area contributed by atoms with Gasteiger partial charge in [-0.05, 0) is 38.4 Å². The van der Waals surface area contributed by atoms with Crippen LogP contribution in [0.3, 0.4) is 0 Å². The summed E-state index contributed by atoms with van der Waals surface area (Å²) in [6.45, 7) is 1.30. The number of hydrogen-bond donors (Lipinski definition) is 1. The third-order valence-electron chi connectivity index (χ3n) is 3.55. The summed E-state index contributed by atoms with van der Waals surface area (Å²) < 4.78 is 6.50.